The number of methoxy groups -OCH3 is 2. The summed E-state index contributed by atoms with van der Waals surface area (Å²) in [4.78, 5) is 10.5. The molecular weight excluding hydrogens is 328 g/mol. The van der Waals surface area contributed by atoms with Crippen molar-refractivity contribution >= 4 is 11.4 Å². The number of hydrogen-bond acceptors (Lipinski definition) is 5. The molecule has 6 nitrogen and oxygen atoms in total. The van der Waals surface area contributed by atoms with E-state index in [-0.39, 0.29) is 0 Å². The molecule has 0 atom stereocenters. The molecule has 0 bridgehead atoms. The Balaban J connectivity index is 2.01. The van der Waals surface area contributed by atoms with Crippen molar-refractivity contribution in [3.05, 3.63) is 35.8 Å². The van der Waals surface area contributed by atoms with E-state index >= 15 is 0 Å². The van der Waals surface area contributed by atoms with E-state index in [4.69, 9.17) is 19.9 Å². The minimum absolute atomic E-state index is 0.522. The summed E-state index contributed by atoms with van der Waals surface area (Å²) in [5.74, 6) is 2.19. The summed E-state index contributed by atoms with van der Waals surface area (Å²) < 4.78 is 10.7. The zero-order chi connectivity index (χ0) is 18.7. The second-order valence-electron chi connectivity index (χ2n) is 6.52. The van der Waals surface area contributed by atoms with Crippen LogP contribution in [0.25, 0.3) is 17.0 Å². The van der Waals surface area contributed by atoms with Gasteiger partial charge in [0.05, 0.1) is 31.3 Å². The SMILES string of the molecule is COc1ccc(-c2[nH]c(/C(=C\C(C)=N)N3CCCC3)nc2C)cc1OC. The third-order valence-corrected chi connectivity index (χ3v) is 4.60. The standard InChI is InChI=1S/C20H26N4O2/c1-13(21)11-16(24-9-5-6-10-24)20-22-14(2)19(23-20)15-7-8-17(25-3)18(12-15)26-4/h7-8,11-12,21H,5-6,9-10H2,1-4H3,(H,22,23)/b16-11+,21-13?. The second-order valence-corrected chi connectivity index (χ2v) is 6.52. The Kier molecular flexibility index (Phi) is 5.30. The van der Waals surface area contributed by atoms with Crippen LogP contribution in [0.1, 0.15) is 31.3 Å². The van der Waals surface area contributed by atoms with Crippen LogP contribution in [0.4, 0.5) is 0 Å². The molecule has 2 heterocycles. The molecule has 1 aliphatic heterocycles. The van der Waals surface area contributed by atoms with E-state index < -0.39 is 0 Å². The lowest BCUT2D eigenvalue weighted by atomic mass is 10.1. The Morgan fingerprint density at radius 1 is 1.19 bits per heavy atom. The average molecular weight is 354 g/mol. The summed E-state index contributed by atoms with van der Waals surface area (Å²) in [6, 6.07) is 5.84. The van der Waals surface area contributed by atoms with Crippen LogP contribution in [0.15, 0.2) is 24.3 Å². The number of ether oxygens (including phenoxy) is 2. The fourth-order valence-electron chi connectivity index (χ4n) is 3.33. The molecule has 0 unspecified atom stereocenters. The first-order chi connectivity index (χ1) is 12.5. The molecule has 138 valence electrons. The van der Waals surface area contributed by atoms with Gasteiger partial charge < -0.3 is 24.8 Å². The highest BCUT2D eigenvalue weighted by Crippen LogP contribution is 2.34. The van der Waals surface area contributed by atoms with Gasteiger partial charge in [-0.3, -0.25) is 0 Å². The van der Waals surface area contributed by atoms with Crippen LogP contribution in [0.2, 0.25) is 0 Å². The molecule has 3 rings (SSSR count). The molecule has 0 amide bonds. The first kappa shape index (κ1) is 18.0. The van der Waals surface area contributed by atoms with Crippen LogP contribution in [-0.4, -0.2) is 47.9 Å². The number of aromatic nitrogens is 2. The fraction of sp³-hybridized carbons (Fsp3) is 0.400. The molecule has 1 aliphatic rings. The number of rotatable bonds is 6. The zero-order valence-corrected chi connectivity index (χ0v) is 15.8. The van der Waals surface area contributed by atoms with E-state index in [1.54, 1.807) is 21.1 Å². The van der Waals surface area contributed by atoms with Crippen molar-refractivity contribution in [2.75, 3.05) is 27.3 Å². The molecule has 6 heteroatoms. The minimum atomic E-state index is 0.522. The third kappa shape index (κ3) is 3.59. The van der Waals surface area contributed by atoms with Gasteiger partial charge >= 0.3 is 0 Å². The average Bonchev–Trinajstić information content (AvgIpc) is 3.28. The topological polar surface area (TPSA) is 74.2 Å². The summed E-state index contributed by atoms with van der Waals surface area (Å²) in [7, 11) is 3.26. The number of aromatic amines is 1. The van der Waals surface area contributed by atoms with Crippen molar-refractivity contribution in [1.82, 2.24) is 14.9 Å². The summed E-state index contributed by atoms with van der Waals surface area (Å²) in [5, 5.41) is 7.89. The number of aryl methyl sites for hydroxylation is 1. The van der Waals surface area contributed by atoms with Crippen LogP contribution in [0, 0.1) is 12.3 Å². The van der Waals surface area contributed by atoms with Gasteiger partial charge in [-0.2, -0.15) is 0 Å². The maximum Gasteiger partial charge on any atom is 0.161 e. The van der Waals surface area contributed by atoms with Gasteiger partial charge in [0.2, 0.25) is 0 Å². The Labute approximate surface area is 154 Å². The van der Waals surface area contributed by atoms with Gasteiger partial charge in [0.15, 0.2) is 17.3 Å². The lowest BCUT2D eigenvalue weighted by Gasteiger charge is -2.19. The van der Waals surface area contributed by atoms with Gasteiger partial charge in [-0.05, 0) is 51.0 Å². The maximum atomic E-state index is 7.89. The molecule has 0 radical (unpaired) electrons. The van der Waals surface area contributed by atoms with Gasteiger partial charge in [-0.15, -0.1) is 0 Å². The second kappa shape index (κ2) is 7.64. The summed E-state index contributed by atoms with van der Waals surface area (Å²) in [5.41, 5.74) is 4.37. The van der Waals surface area contributed by atoms with Crippen molar-refractivity contribution in [3.63, 3.8) is 0 Å². The summed E-state index contributed by atoms with van der Waals surface area (Å²) in [6.07, 6.45) is 4.25. The number of allylic oxidation sites excluding steroid dienone is 1. The van der Waals surface area contributed by atoms with Crippen LogP contribution in [-0.2, 0) is 0 Å². The minimum Gasteiger partial charge on any atom is -0.493 e. The molecule has 26 heavy (non-hydrogen) atoms. The van der Waals surface area contributed by atoms with Gasteiger partial charge in [0.1, 0.15) is 0 Å². The van der Waals surface area contributed by atoms with E-state index in [0.29, 0.717) is 17.2 Å². The molecule has 0 saturated carbocycles. The maximum absolute atomic E-state index is 7.89. The van der Waals surface area contributed by atoms with E-state index in [1.807, 2.05) is 31.2 Å². The predicted octanol–water partition coefficient (Wildman–Crippen LogP) is 3.88. The number of hydrogen-bond donors (Lipinski definition) is 2. The third-order valence-electron chi connectivity index (χ3n) is 4.60. The number of nitrogens with zero attached hydrogens (tertiary/aromatic N) is 2. The Morgan fingerprint density at radius 2 is 1.88 bits per heavy atom. The largest absolute Gasteiger partial charge is 0.493 e. The number of H-pyrrole nitrogens is 1. The van der Waals surface area contributed by atoms with Crippen LogP contribution in [0.3, 0.4) is 0 Å². The molecule has 1 aromatic heterocycles. The first-order valence-electron chi connectivity index (χ1n) is 8.84. The summed E-state index contributed by atoms with van der Waals surface area (Å²) in [6.45, 7) is 5.79. The number of nitrogens with one attached hydrogen (secondary N) is 2. The Morgan fingerprint density at radius 3 is 2.50 bits per heavy atom. The lowest BCUT2D eigenvalue weighted by molar-refractivity contribution is 0.355. The van der Waals surface area contributed by atoms with Gasteiger partial charge in [0.25, 0.3) is 0 Å². The van der Waals surface area contributed by atoms with Gasteiger partial charge in [-0.1, -0.05) is 0 Å². The van der Waals surface area contributed by atoms with Crippen LogP contribution in [0.5, 0.6) is 11.5 Å². The fourth-order valence-corrected chi connectivity index (χ4v) is 3.33. The number of benzene rings is 1. The monoisotopic (exact) mass is 354 g/mol. The molecule has 2 N–H and O–H groups in total. The Bertz CT molecular complexity index is 832. The predicted molar refractivity (Wildman–Crippen MR) is 104 cm³/mol. The van der Waals surface area contributed by atoms with Crippen molar-refractivity contribution in [1.29, 1.82) is 5.41 Å². The summed E-state index contributed by atoms with van der Waals surface area (Å²) >= 11 is 0. The highest BCUT2D eigenvalue weighted by Gasteiger charge is 2.21. The van der Waals surface area contributed by atoms with Crippen LogP contribution < -0.4 is 9.47 Å². The molecule has 0 aliphatic carbocycles. The Hall–Kier alpha value is -2.76. The van der Waals surface area contributed by atoms with Crippen molar-refractivity contribution in [2.45, 2.75) is 26.7 Å². The smallest absolute Gasteiger partial charge is 0.161 e. The normalized spacial score (nSPS) is 14.6. The number of imidazole rings is 1. The lowest BCUT2D eigenvalue weighted by Crippen LogP contribution is -2.19. The highest BCUT2D eigenvalue weighted by molar-refractivity contribution is 5.96. The highest BCUT2D eigenvalue weighted by atomic mass is 16.5. The molecule has 1 aromatic carbocycles. The van der Waals surface area contributed by atoms with E-state index in [2.05, 4.69) is 9.88 Å². The molecule has 1 fully saturated rings. The van der Waals surface area contributed by atoms with E-state index in [0.717, 1.165) is 41.6 Å². The van der Waals surface area contributed by atoms with Crippen molar-refractivity contribution in [2.24, 2.45) is 0 Å². The molecular formula is C20H26N4O2. The number of likely N-dealkylation sites (tertiary alicyclic amines) is 1. The molecule has 2 aromatic rings. The van der Waals surface area contributed by atoms with E-state index in [1.165, 1.54) is 12.8 Å². The van der Waals surface area contributed by atoms with Gasteiger partial charge in [0, 0.05) is 24.4 Å². The molecule has 0 spiro atoms. The van der Waals surface area contributed by atoms with Crippen LogP contribution >= 0.6 is 0 Å². The van der Waals surface area contributed by atoms with E-state index in [9.17, 15) is 0 Å². The van der Waals surface area contributed by atoms with Crippen molar-refractivity contribution in [3.8, 4) is 22.8 Å². The quantitative estimate of drug-likeness (QED) is 0.772. The van der Waals surface area contributed by atoms with Crippen molar-refractivity contribution < 1.29 is 9.47 Å². The first-order valence-corrected chi connectivity index (χ1v) is 8.84. The molecule has 1 saturated heterocycles. The van der Waals surface area contributed by atoms with Gasteiger partial charge in [-0.25, -0.2) is 4.98 Å². The zero-order valence-electron chi connectivity index (χ0n) is 15.8.